The summed E-state index contributed by atoms with van der Waals surface area (Å²) in [6.45, 7) is 4.44. The highest BCUT2D eigenvalue weighted by molar-refractivity contribution is 9.10. The maximum Gasteiger partial charge on any atom is 0.240 e. The van der Waals surface area contributed by atoms with Crippen molar-refractivity contribution < 1.29 is 4.79 Å². The minimum Gasteiger partial charge on any atom is -0.336 e. The minimum atomic E-state index is -0.000742. The highest BCUT2D eigenvalue weighted by Crippen LogP contribution is 2.14. The summed E-state index contributed by atoms with van der Waals surface area (Å²) in [5.74, 6) is 0.224. The lowest BCUT2D eigenvalue weighted by molar-refractivity contribution is -0.136. The molecule has 92 valence electrons. The van der Waals surface area contributed by atoms with Gasteiger partial charge in [0.25, 0.3) is 0 Å². The van der Waals surface area contributed by atoms with E-state index in [0.717, 1.165) is 24.0 Å². The Balaban J connectivity index is 2.02. The fourth-order valence-electron chi connectivity index (χ4n) is 2.08. The number of carbonyl (C=O) groups excluding carboxylic acids is 1. The third-order valence-corrected chi connectivity index (χ3v) is 3.61. The smallest absolute Gasteiger partial charge is 0.240 e. The predicted octanol–water partition coefficient (Wildman–Crippen LogP) is 2.16. The van der Waals surface area contributed by atoms with Crippen LogP contribution in [0.4, 0.5) is 0 Å². The Kier molecular flexibility index (Phi) is 4.18. The summed E-state index contributed by atoms with van der Waals surface area (Å²) in [5, 5.41) is 3.24. The van der Waals surface area contributed by atoms with E-state index in [9.17, 15) is 4.79 Å². The van der Waals surface area contributed by atoms with Crippen LogP contribution in [-0.2, 0) is 11.3 Å². The zero-order valence-electron chi connectivity index (χ0n) is 9.95. The molecule has 4 heteroatoms. The van der Waals surface area contributed by atoms with E-state index < -0.39 is 0 Å². The van der Waals surface area contributed by atoms with Gasteiger partial charge >= 0.3 is 0 Å². The molecule has 0 radical (unpaired) electrons. The number of nitrogens with zero attached hydrogens (tertiary/aromatic N) is 1. The first-order valence-corrected chi connectivity index (χ1v) is 6.76. The van der Waals surface area contributed by atoms with E-state index >= 15 is 0 Å². The van der Waals surface area contributed by atoms with Crippen LogP contribution in [0, 0.1) is 0 Å². The highest BCUT2D eigenvalue weighted by Gasteiger charge is 2.26. The zero-order valence-corrected chi connectivity index (χ0v) is 11.5. The van der Waals surface area contributed by atoms with E-state index in [-0.39, 0.29) is 11.9 Å². The second-order valence-electron chi connectivity index (χ2n) is 4.30. The lowest BCUT2D eigenvalue weighted by Gasteiger charge is -2.32. The molecule has 2 rings (SSSR count). The molecule has 1 aliphatic heterocycles. The number of benzene rings is 1. The first-order valence-electron chi connectivity index (χ1n) is 5.97. The largest absolute Gasteiger partial charge is 0.336 e. The molecule has 0 aromatic heterocycles. The van der Waals surface area contributed by atoms with Crippen LogP contribution in [0.5, 0.6) is 0 Å². The van der Waals surface area contributed by atoms with Crippen LogP contribution in [-0.4, -0.2) is 29.9 Å². The number of hydrogen-bond acceptors (Lipinski definition) is 2. The van der Waals surface area contributed by atoms with E-state index in [0.29, 0.717) is 6.54 Å². The Labute approximate surface area is 110 Å². The molecule has 1 saturated heterocycles. The summed E-state index contributed by atoms with van der Waals surface area (Å²) in [5.41, 5.74) is 1.18. The van der Waals surface area contributed by atoms with Gasteiger partial charge in [-0.3, -0.25) is 4.79 Å². The van der Waals surface area contributed by atoms with E-state index in [1.165, 1.54) is 5.56 Å². The molecular formula is C13H17BrN2O. The number of hydrogen-bond donors (Lipinski definition) is 1. The molecule has 0 bridgehead atoms. The topological polar surface area (TPSA) is 32.3 Å². The van der Waals surface area contributed by atoms with Crippen molar-refractivity contribution in [1.82, 2.24) is 10.2 Å². The molecule has 1 N–H and O–H groups in total. The van der Waals surface area contributed by atoms with Crippen LogP contribution in [0.2, 0.25) is 0 Å². The van der Waals surface area contributed by atoms with Crippen molar-refractivity contribution in [2.45, 2.75) is 25.9 Å². The second-order valence-corrected chi connectivity index (χ2v) is 5.22. The minimum absolute atomic E-state index is 0.000742. The van der Waals surface area contributed by atoms with E-state index in [1.807, 2.05) is 24.0 Å². The van der Waals surface area contributed by atoms with Gasteiger partial charge in [-0.1, -0.05) is 35.0 Å². The number of nitrogens with one attached hydrogen (secondary N) is 1. The van der Waals surface area contributed by atoms with Gasteiger partial charge in [-0.25, -0.2) is 0 Å². The van der Waals surface area contributed by atoms with Crippen LogP contribution in [0.1, 0.15) is 18.9 Å². The summed E-state index contributed by atoms with van der Waals surface area (Å²) in [6, 6.07) is 8.14. The molecule has 1 aliphatic rings. The third kappa shape index (κ3) is 3.07. The molecule has 1 atom stereocenters. The van der Waals surface area contributed by atoms with Gasteiger partial charge in [0, 0.05) is 24.1 Å². The first kappa shape index (κ1) is 12.6. The van der Waals surface area contributed by atoms with Crippen molar-refractivity contribution in [2.75, 3.05) is 13.1 Å². The normalized spacial score (nSPS) is 20.7. The zero-order chi connectivity index (χ0) is 12.3. The van der Waals surface area contributed by atoms with E-state index in [4.69, 9.17) is 0 Å². The average molecular weight is 297 g/mol. The lowest BCUT2D eigenvalue weighted by atomic mass is 10.1. The Morgan fingerprint density at radius 3 is 2.76 bits per heavy atom. The van der Waals surface area contributed by atoms with Crippen molar-refractivity contribution in [3.05, 3.63) is 34.3 Å². The Hall–Kier alpha value is -0.870. The number of carbonyl (C=O) groups is 1. The van der Waals surface area contributed by atoms with E-state index in [1.54, 1.807) is 0 Å². The lowest BCUT2D eigenvalue weighted by Crippen LogP contribution is -2.54. The van der Waals surface area contributed by atoms with E-state index in [2.05, 4.69) is 33.4 Å². The molecule has 3 nitrogen and oxygen atoms in total. The van der Waals surface area contributed by atoms with Crippen molar-refractivity contribution >= 4 is 21.8 Å². The van der Waals surface area contributed by atoms with Gasteiger partial charge < -0.3 is 10.2 Å². The molecule has 1 aromatic carbocycles. The maximum atomic E-state index is 12.1. The van der Waals surface area contributed by atoms with Gasteiger partial charge in [-0.2, -0.15) is 0 Å². The van der Waals surface area contributed by atoms with Gasteiger partial charge in [0.15, 0.2) is 0 Å². The van der Waals surface area contributed by atoms with Gasteiger partial charge in [-0.05, 0) is 24.1 Å². The second kappa shape index (κ2) is 5.65. The summed E-state index contributed by atoms with van der Waals surface area (Å²) in [4.78, 5) is 14.0. The summed E-state index contributed by atoms with van der Waals surface area (Å²) >= 11 is 3.41. The standard InChI is InChI=1S/C13H17BrN2O/c1-2-12-13(17)16(8-7-15-12)9-10-3-5-11(14)6-4-10/h3-6,12,15H,2,7-9H2,1H3. The first-order chi connectivity index (χ1) is 8.20. The number of amides is 1. The van der Waals surface area contributed by atoms with Crippen molar-refractivity contribution in [1.29, 1.82) is 0 Å². The molecule has 17 heavy (non-hydrogen) atoms. The monoisotopic (exact) mass is 296 g/mol. The number of rotatable bonds is 3. The van der Waals surface area contributed by atoms with Crippen molar-refractivity contribution in [2.24, 2.45) is 0 Å². The Morgan fingerprint density at radius 1 is 1.41 bits per heavy atom. The van der Waals surface area contributed by atoms with Crippen LogP contribution in [0.3, 0.4) is 0 Å². The van der Waals surface area contributed by atoms with Crippen LogP contribution >= 0.6 is 15.9 Å². The van der Waals surface area contributed by atoms with Crippen LogP contribution in [0.15, 0.2) is 28.7 Å². The molecule has 1 heterocycles. The number of piperazine rings is 1. The fraction of sp³-hybridized carbons (Fsp3) is 0.462. The van der Waals surface area contributed by atoms with Gasteiger partial charge in [0.1, 0.15) is 0 Å². The third-order valence-electron chi connectivity index (χ3n) is 3.08. The Morgan fingerprint density at radius 2 is 2.12 bits per heavy atom. The molecule has 1 amide bonds. The highest BCUT2D eigenvalue weighted by atomic mass is 79.9. The van der Waals surface area contributed by atoms with Crippen molar-refractivity contribution in [3.63, 3.8) is 0 Å². The van der Waals surface area contributed by atoms with Crippen molar-refractivity contribution in [3.8, 4) is 0 Å². The predicted molar refractivity (Wildman–Crippen MR) is 71.6 cm³/mol. The maximum absolute atomic E-state index is 12.1. The molecule has 0 spiro atoms. The quantitative estimate of drug-likeness (QED) is 0.927. The summed E-state index contributed by atoms with van der Waals surface area (Å²) < 4.78 is 1.07. The van der Waals surface area contributed by atoms with Gasteiger partial charge in [-0.15, -0.1) is 0 Å². The summed E-state index contributed by atoms with van der Waals surface area (Å²) in [6.07, 6.45) is 0.857. The van der Waals surface area contributed by atoms with Crippen LogP contribution < -0.4 is 5.32 Å². The SMILES string of the molecule is CCC1NCCN(Cc2ccc(Br)cc2)C1=O. The molecular weight excluding hydrogens is 280 g/mol. The Bertz CT molecular complexity index is 391. The van der Waals surface area contributed by atoms with Gasteiger partial charge in [0.2, 0.25) is 5.91 Å². The molecule has 1 fully saturated rings. The molecule has 0 aliphatic carbocycles. The molecule has 1 aromatic rings. The molecule has 0 saturated carbocycles. The number of halogens is 1. The van der Waals surface area contributed by atoms with Crippen LogP contribution in [0.25, 0.3) is 0 Å². The fourth-order valence-corrected chi connectivity index (χ4v) is 2.34. The summed E-state index contributed by atoms with van der Waals surface area (Å²) in [7, 11) is 0. The molecule has 1 unspecified atom stereocenters. The average Bonchev–Trinajstić information content (AvgIpc) is 2.35. The van der Waals surface area contributed by atoms with Gasteiger partial charge in [0.05, 0.1) is 6.04 Å².